The molecule has 0 bridgehead atoms. The Kier molecular flexibility index (Phi) is 4.35. The second kappa shape index (κ2) is 5.57. The highest BCUT2D eigenvalue weighted by Gasteiger charge is 2.62. The fourth-order valence-electron chi connectivity index (χ4n) is 6.68. The van der Waals surface area contributed by atoms with Gasteiger partial charge < -0.3 is 9.53 Å². The lowest BCUT2D eigenvalue weighted by Gasteiger charge is -2.48. The van der Waals surface area contributed by atoms with Crippen molar-refractivity contribution in [2.75, 3.05) is 0 Å². The van der Waals surface area contributed by atoms with E-state index in [0.29, 0.717) is 16.7 Å². The lowest BCUT2D eigenvalue weighted by molar-refractivity contribution is -0.0441. The molecular formula is C20H38O2Si. The number of aliphatic hydroxyl groups is 1. The van der Waals surface area contributed by atoms with Gasteiger partial charge in [0.05, 0.1) is 11.7 Å². The third kappa shape index (κ3) is 3.43. The summed E-state index contributed by atoms with van der Waals surface area (Å²) in [6.45, 7) is 14.0. The minimum absolute atomic E-state index is 0.00268. The Morgan fingerprint density at radius 3 is 2.30 bits per heavy atom. The van der Waals surface area contributed by atoms with Crippen molar-refractivity contribution in [3.05, 3.63) is 0 Å². The quantitative estimate of drug-likeness (QED) is 0.683. The summed E-state index contributed by atoms with van der Waals surface area (Å²) in [5.74, 6) is 1.36. The molecule has 0 spiro atoms. The second-order valence-electron chi connectivity index (χ2n) is 10.7. The molecule has 3 aliphatic carbocycles. The van der Waals surface area contributed by atoms with E-state index in [2.05, 4.69) is 40.4 Å². The van der Waals surface area contributed by atoms with Crippen molar-refractivity contribution in [3.8, 4) is 0 Å². The van der Waals surface area contributed by atoms with Gasteiger partial charge in [0.25, 0.3) is 0 Å². The third-order valence-electron chi connectivity index (χ3n) is 7.08. The van der Waals surface area contributed by atoms with Crippen LogP contribution in [0, 0.1) is 22.7 Å². The van der Waals surface area contributed by atoms with Gasteiger partial charge in [0.1, 0.15) is 0 Å². The first-order chi connectivity index (χ1) is 10.5. The molecule has 2 unspecified atom stereocenters. The average molecular weight is 339 g/mol. The molecule has 3 heteroatoms. The molecule has 0 amide bonds. The van der Waals surface area contributed by atoms with Crippen molar-refractivity contribution < 1.29 is 9.53 Å². The first-order valence-corrected chi connectivity index (χ1v) is 13.3. The van der Waals surface area contributed by atoms with Gasteiger partial charge >= 0.3 is 0 Å². The fraction of sp³-hybridized carbons (Fsp3) is 1.00. The van der Waals surface area contributed by atoms with Gasteiger partial charge in [-0.25, -0.2) is 0 Å². The van der Waals surface area contributed by atoms with Crippen LogP contribution < -0.4 is 0 Å². The van der Waals surface area contributed by atoms with E-state index in [0.717, 1.165) is 12.3 Å². The summed E-state index contributed by atoms with van der Waals surface area (Å²) in [4.78, 5) is 0. The summed E-state index contributed by atoms with van der Waals surface area (Å²) in [7, 11) is -1.51. The molecule has 0 aromatic carbocycles. The summed E-state index contributed by atoms with van der Waals surface area (Å²) in [5, 5.41) is 10.5. The topological polar surface area (TPSA) is 29.5 Å². The number of hydrogen-bond acceptors (Lipinski definition) is 2. The highest BCUT2D eigenvalue weighted by atomic mass is 28.4. The fourth-order valence-corrected chi connectivity index (χ4v) is 8.41. The van der Waals surface area contributed by atoms with Crippen LogP contribution in [0.3, 0.4) is 0 Å². The Morgan fingerprint density at radius 2 is 1.74 bits per heavy atom. The van der Waals surface area contributed by atoms with E-state index in [4.69, 9.17) is 4.43 Å². The number of aliphatic hydroxyl groups excluding tert-OH is 1. The summed E-state index contributed by atoms with van der Waals surface area (Å²) < 4.78 is 6.54. The molecule has 2 nitrogen and oxygen atoms in total. The summed E-state index contributed by atoms with van der Waals surface area (Å²) >= 11 is 0. The number of rotatable bonds is 5. The van der Waals surface area contributed by atoms with Crippen LogP contribution in [0.2, 0.25) is 19.6 Å². The van der Waals surface area contributed by atoms with Gasteiger partial charge in [-0.05, 0) is 101 Å². The molecule has 3 aliphatic rings. The normalized spacial score (nSPS) is 40.0. The van der Waals surface area contributed by atoms with Crippen molar-refractivity contribution in [1.29, 1.82) is 0 Å². The Hall–Kier alpha value is 0.137. The largest absolute Gasteiger partial charge is 0.413 e. The zero-order valence-corrected chi connectivity index (χ0v) is 17.2. The van der Waals surface area contributed by atoms with Crippen LogP contribution in [0.5, 0.6) is 0 Å². The van der Waals surface area contributed by atoms with Crippen LogP contribution in [0.25, 0.3) is 0 Å². The lowest BCUT2D eigenvalue weighted by Crippen LogP contribution is -2.45. The number of fused-ring (bicyclic) bond motifs is 1. The van der Waals surface area contributed by atoms with Crippen LogP contribution in [0.15, 0.2) is 0 Å². The maximum absolute atomic E-state index is 10.5. The molecule has 0 heterocycles. The predicted octanol–water partition coefficient (Wildman–Crippen LogP) is 5.36. The zero-order valence-electron chi connectivity index (χ0n) is 16.2. The average Bonchev–Trinajstić information content (AvgIpc) is 2.99. The zero-order chi connectivity index (χ0) is 17.1. The molecule has 0 aromatic rings. The van der Waals surface area contributed by atoms with Crippen molar-refractivity contribution in [3.63, 3.8) is 0 Å². The molecule has 3 saturated carbocycles. The van der Waals surface area contributed by atoms with Crippen LogP contribution in [0.4, 0.5) is 0 Å². The number of hydrogen-bond donors (Lipinski definition) is 1. The van der Waals surface area contributed by atoms with Gasteiger partial charge in [-0.15, -0.1) is 0 Å². The Labute approximate surface area is 144 Å². The van der Waals surface area contributed by atoms with E-state index in [1.54, 1.807) is 0 Å². The van der Waals surface area contributed by atoms with E-state index in [-0.39, 0.29) is 11.7 Å². The molecule has 3 fully saturated rings. The molecular weight excluding hydrogens is 300 g/mol. The molecule has 0 aliphatic heterocycles. The molecule has 1 N–H and O–H groups in total. The molecule has 0 saturated heterocycles. The summed E-state index contributed by atoms with van der Waals surface area (Å²) in [6.07, 6.45) is 10.1. The van der Waals surface area contributed by atoms with Crippen LogP contribution in [-0.4, -0.2) is 25.1 Å². The Bertz CT molecular complexity index is 449. The van der Waals surface area contributed by atoms with Gasteiger partial charge in [-0.3, -0.25) is 0 Å². The maximum Gasteiger partial charge on any atom is 0.184 e. The monoisotopic (exact) mass is 338 g/mol. The molecule has 0 radical (unpaired) electrons. The molecule has 0 aromatic heterocycles. The van der Waals surface area contributed by atoms with Crippen LogP contribution in [0.1, 0.15) is 72.1 Å². The van der Waals surface area contributed by atoms with E-state index >= 15 is 0 Å². The van der Waals surface area contributed by atoms with E-state index in [1.807, 2.05) is 0 Å². The van der Waals surface area contributed by atoms with E-state index in [9.17, 15) is 5.11 Å². The smallest absolute Gasteiger partial charge is 0.184 e. The van der Waals surface area contributed by atoms with Crippen LogP contribution >= 0.6 is 0 Å². The van der Waals surface area contributed by atoms with Crippen molar-refractivity contribution in [1.82, 2.24) is 0 Å². The molecule has 23 heavy (non-hydrogen) atoms. The first-order valence-electron chi connectivity index (χ1n) is 9.86. The van der Waals surface area contributed by atoms with Gasteiger partial charge in [0.2, 0.25) is 0 Å². The maximum atomic E-state index is 10.5. The van der Waals surface area contributed by atoms with Crippen molar-refractivity contribution in [2.45, 2.75) is 103 Å². The highest BCUT2D eigenvalue weighted by Crippen LogP contribution is 2.70. The van der Waals surface area contributed by atoms with Crippen LogP contribution in [-0.2, 0) is 4.43 Å². The van der Waals surface area contributed by atoms with Gasteiger partial charge in [-0.1, -0.05) is 13.3 Å². The van der Waals surface area contributed by atoms with Crippen molar-refractivity contribution >= 4 is 8.32 Å². The van der Waals surface area contributed by atoms with E-state index < -0.39 is 8.32 Å². The van der Waals surface area contributed by atoms with Gasteiger partial charge in [-0.2, -0.15) is 0 Å². The lowest BCUT2D eigenvalue weighted by atomic mass is 9.59. The van der Waals surface area contributed by atoms with Gasteiger partial charge in [0.15, 0.2) is 8.32 Å². The summed E-state index contributed by atoms with van der Waals surface area (Å²) in [6, 6.07) is 0. The minimum Gasteiger partial charge on any atom is -0.413 e. The van der Waals surface area contributed by atoms with Crippen molar-refractivity contribution in [2.24, 2.45) is 22.7 Å². The van der Waals surface area contributed by atoms with E-state index in [1.165, 1.54) is 44.9 Å². The predicted molar refractivity (Wildman–Crippen MR) is 99.0 cm³/mol. The third-order valence-corrected chi connectivity index (χ3v) is 8.25. The Balaban J connectivity index is 1.76. The standard InChI is InChI=1S/C20H38O2Si/c1-18(2,22-23(4,5)6)14-20(12-13-20)17-10-9-15-16(21)8-7-11-19(15,17)3/h15-17,21H,7-14H2,1-6H3/t15?,16-,17?,19-/m0/s1. The second-order valence-corrected chi connectivity index (χ2v) is 15.1. The molecule has 3 rings (SSSR count). The SMILES string of the molecule is CC(C)(CC1(C2CCC3[C@@H](O)CCC[C@@]32C)CC1)O[Si](C)(C)C. The highest BCUT2D eigenvalue weighted by molar-refractivity contribution is 6.69. The molecule has 4 atom stereocenters. The Morgan fingerprint density at radius 1 is 1.09 bits per heavy atom. The minimum atomic E-state index is -1.51. The molecule has 134 valence electrons. The first kappa shape index (κ1) is 17.9. The van der Waals surface area contributed by atoms with Gasteiger partial charge in [0, 0.05) is 0 Å². The summed E-state index contributed by atoms with van der Waals surface area (Å²) in [5.41, 5.74) is 0.885.